The van der Waals surface area contributed by atoms with Crippen LogP contribution in [0.4, 0.5) is 4.39 Å². The van der Waals surface area contributed by atoms with Gasteiger partial charge < -0.3 is 4.90 Å². The maximum absolute atomic E-state index is 12.3. The lowest BCUT2D eigenvalue weighted by Crippen LogP contribution is -2.46. The van der Waals surface area contributed by atoms with Crippen LogP contribution < -0.4 is 0 Å². The van der Waals surface area contributed by atoms with E-state index in [1.807, 2.05) is 11.9 Å². The fraction of sp³-hybridized carbons (Fsp3) is 0.667. The molecule has 1 aliphatic rings. The van der Waals surface area contributed by atoms with Crippen LogP contribution in [-0.2, 0) is 4.79 Å². The van der Waals surface area contributed by atoms with Crippen LogP contribution in [0.15, 0.2) is 12.4 Å². The predicted molar refractivity (Wildman–Crippen MR) is 49.2 cm³/mol. The second kappa shape index (κ2) is 4.48. The largest absolute Gasteiger partial charge is 0.304 e. The van der Waals surface area contributed by atoms with E-state index in [0.29, 0.717) is 0 Å². The molecule has 74 valence electrons. The highest BCUT2D eigenvalue weighted by atomic mass is 19.1. The van der Waals surface area contributed by atoms with Gasteiger partial charge in [-0.1, -0.05) is 6.58 Å². The van der Waals surface area contributed by atoms with Gasteiger partial charge in [0.25, 0.3) is 0 Å². The molecule has 0 atom stereocenters. The average molecular weight is 186 g/mol. The van der Waals surface area contributed by atoms with Gasteiger partial charge in [0.2, 0.25) is 5.78 Å². The topological polar surface area (TPSA) is 23.6 Å². The Kier molecular flexibility index (Phi) is 3.57. The zero-order chi connectivity index (χ0) is 9.84. The number of rotatable bonds is 3. The molecule has 1 aliphatic heterocycles. The van der Waals surface area contributed by atoms with E-state index in [1.165, 1.54) is 0 Å². The molecule has 13 heavy (non-hydrogen) atoms. The number of ketones is 1. The van der Waals surface area contributed by atoms with Crippen LogP contribution in [0.1, 0.15) is 0 Å². The molecule has 4 heteroatoms. The van der Waals surface area contributed by atoms with Crippen LogP contribution in [0.5, 0.6) is 0 Å². The molecule has 1 fully saturated rings. The number of hydrogen-bond donors (Lipinski definition) is 0. The Bertz CT molecular complexity index is 210. The van der Waals surface area contributed by atoms with E-state index in [2.05, 4.69) is 11.5 Å². The number of piperazine rings is 1. The fourth-order valence-corrected chi connectivity index (χ4v) is 1.29. The molecule has 1 saturated heterocycles. The van der Waals surface area contributed by atoms with Crippen LogP contribution in [0, 0.1) is 0 Å². The highest BCUT2D eigenvalue weighted by Crippen LogP contribution is 2.01. The number of Topliss-reactive ketones (excluding diaryl/α,β-unsaturated/α-hetero) is 1. The molecule has 0 spiro atoms. The van der Waals surface area contributed by atoms with E-state index in [9.17, 15) is 9.18 Å². The molecule has 0 N–H and O–H groups in total. The minimum Gasteiger partial charge on any atom is -0.304 e. The third-order valence-electron chi connectivity index (χ3n) is 2.27. The van der Waals surface area contributed by atoms with Gasteiger partial charge >= 0.3 is 0 Å². The molecular weight excluding hydrogens is 171 g/mol. The highest BCUT2D eigenvalue weighted by molar-refractivity contribution is 5.94. The van der Waals surface area contributed by atoms with Crippen molar-refractivity contribution in [1.29, 1.82) is 0 Å². The van der Waals surface area contributed by atoms with E-state index in [-0.39, 0.29) is 6.54 Å². The number of likely N-dealkylation sites (N-methyl/N-ethyl adjacent to an activating group) is 1. The van der Waals surface area contributed by atoms with Crippen LogP contribution in [0.2, 0.25) is 0 Å². The van der Waals surface area contributed by atoms with Crippen LogP contribution in [0.3, 0.4) is 0 Å². The van der Waals surface area contributed by atoms with Crippen LogP contribution in [-0.4, -0.2) is 55.4 Å². The summed E-state index contributed by atoms with van der Waals surface area (Å²) in [6.45, 7) is 6.68. The van der Waals surface area contributed by atoms with Gasteiger partial charge in [0.15, 0.2) is 5.83 Å². The Labute approximate surface area is 77.8 Å². The van der Waals surface area contributed by atoms with Gasteiger partial charge in [-0.15, -0.1) is 0 Å². The average Bonchev–Trinajstić information content (AvgIpc) is 2.08. The van der Waals surface area contributed by atoms with Crippen molar-refractivity contribution in [2.45, 2.75) is 0 Å². The zero-order valence-corrected chi connectivity index (χ0v) is 7.92. The van der Waals surface area contributed by atoms with Gasteiger partial charge in [0, 0.05) is 26.2 Å². The summed E-state index contributed by atoms with van der Waals surface area (Å²) in [6, 6.07) is 0. The summed E-state index contributed by atoms with van der Waals surface area (Å²) < 4.78 is 12.3. The smallest absolute Gasteiger partial charge is 0.204 e. The van der Waals surface area contributed by atoms with E-state index in [4.69, 9.17) is 0 Å². The van der Waals surface area contributed by atoms with Crippen molar-refractivity contribution in [1.82, 2.24) is 9.80 Å². The van der Waals surface area contributed by atoms with Crippen LogP contribution in [0.25, 0.3) is 0 Å². The molecule has 0 aromatic rings. The van der Waals surface area contributed by atoms with Gasteiger partial charge in [-0.05, 0) is 7.05 Å². The maximum Gasteiger partial charge on any atom is 0.204 e. The monoisotopic (exact) mass is 186 g/mol. The first-order valence-electron chi connectivity index (χ1n) is 4.38. The number of carbonyl (C=O) groups excluding carboxylic acids is 1. The lowest BCUT2D eigenvalue weighted by atomic mass is 10.3. The van der Waals surface area contributed by atoms with Gasteiger partial charge in [-0.2, -0.15) is 0 Å². The Morgan fingerprint density at radius 1 is 1.38 bits per heavy atom. The molecule has 0 radical (unpaired) electrons. The number of nitrogens with zero attached hydrogens (tertiary/aromatic N) is 2. The maximum atomic E-state index is 12.3. The zero-order valence-electron chi connectivity index (χ0n) is 7.92. The second-order valence-electron chi connectivity index (χ2n) is 3.41. The first kappa shape index (κ1) is 10.3. The second-order valence-corrected chi connectivity index (χ2v) is 3.41. The molecule has 3 nitrogen and oxygen atoms in total. The minimum absolute atomic E-state index is 0.170. The van der Waals surface area contributed by atoms with Gasteiger partial charge in [-0.3, -0.25) is 9.69 Å². The lowest BCUT2D eigenvalue weighted by molar-refractivity contribution is -0.118. The highest BCUT2D eigenvalue weighted by Gasteiger charge is 2.17. The van der Waals surface area contributed by atoms with Crippen molar-refractivity contribution in [3.05, 3.63) is 12.4 Å². The van der Waals surface area contributed by atoms with Crippen molar-refractivity contribution < 1.29 is 9.18 Å². The summed E-state index contributed by atoms with van der Waals surface area (Å²) in [5.74, 6) is -1.33. The predicted octanol–water partition coefficient (Wildman–Crippen LogP) is 0.286. The fourth-order valence-electron chi connectivity index (χ4n) is 1.29. The first-order chi connectivity index (χ1) is 6.09. The van der Waals surface area contributed by atoms with Crippen molar-refractivity contribution in [2.24, 2.45) is 0 Å². The lowest BCUT2D eigenvalue weighted by Gasteiger charge is -2.31. The molecule has 0 unspecified atom stereocenters. The summed E-state index contributed by atoms with van der Waals surface area (Å²) in [5, 5.41) is 0. The number of halogens is 1. The van der Waals surface area contributed by atoms with E-state index in [0.717, 1.165) is 26.2 Å². The first-order valence-corrected chi connectivity index (χ1v) is 4.38. The molecule has 0 bridgehead atoms. The summed E-state index contributed by atoms with van der Waals surface area (Å²) in [5.41, 5.74) is 0. The van der Waals surface area contributed by atoms with Crippen LogP contribution >= 0.6 is 0 Å². The Hall–Kier alpha value is -0.740. The van der Waals surface area contributed by atoms with Crippen molar-refractivity contribution in [2.75, 3.05) is 39.8 Å². The number of hydrogen-bond acceptors (Lipinski definition) is 3. The van der Waals surface area contributed by atoms with Crippen molar-refractivity contribution >= 4 is 5.78 Å². The summed E-state index contributed by atoms with van der Waals surface area (Å²) in [6.07, 6.45) is 0. The summed E-state index contributed by atoms with van der Waals surface area (Å²) >= 11 is 0. The molecule has 1 rings (SSSR count). The van der Waals surface area contributed by atoms with Crippen molar-refractivity contribution in [3.8, 4) is 0 Å². The molecule has 1 heterocycles. The molecule has 0 aromatic heterocycles. The Morgan fingerprint density at radius 2 is 1.92 bits per heavy atom. The van der Waals surface area contributed by atoms with E-state index < -0.39 is 11.6 Å². The third kappa shape index (κ3) is 3.24. The SMILES string of the molecule is C=C(F)C(=O)CN1CCN(C)CC1. The number of carbonyl (C=O) groups is 1. The summed E-state index contributed by atoms with van der Waals surface area (Å²) in [7, 11) is 2.03. The normalized spacial score (nSPS) is 20.2. The van der Waals surface area contributed by atoms with Gasteiger partial charge in [-0.25, -0.2) is 4.39 Å². The standard InChI is InChI=1S/C9H15FN2O/c1-8(10)9(13)7-12-5-3-11(2)4-6-12/h1,3-7H2,2H3. The van der Waals surface area contributed by atoms with Gasteiger partial charge in [0.05, 0.1) is 6.54 Å². The Balaban J connectivity index is 2.30. The quantitative estimate of drug-likeness (QED) is 0.592. The molecule has 0 aliphatic carbocycles. The molecule has 0 saturated carbocycles. The van der Waals surface area contributed by atoms with E-state index in [1.54, 1.807) is 0 Å². The van der Waals surface area contributed by atoms with E-state index >= 15 is 0 Å². The summed E-state index contributed by atoms with van der Waals surface area (Å²) in [4.78, 5) is 15.1. The molecular formula is C9H15FN2O. The van der Waals surface area contributed by atoms with Gasteiger partial charge in [0.1, 0.15) is 0 Å². The molecule has 0 aromatic carbocycles. The van der Waals surface area contributed by atoms with Crippen molar-refractivity contribution in [3.63, 3.8) is 0 Å². The Morgan fingerprint density at radius 3 is 2.38 bits per heavy atom. The minimum atomic E-state index is -0.834. The molecule has 0 amide bonds. The third-order valence-corrected chi connectivity index (χ3v) is 2.27.